The molecule has 2 aromatic carbocycles. The molecule has 4 nitrogen and oxygen atoms in total. The maximum Gasteiger partial charge on any atom is 0.253 e. The van der Waals surface area contributed by atoms with Crippen LogP contribution in [-0.2, 0) is 6.54 Å². The topological polar surface area (TPSA) is 58.4 Å². The first-order valence-corrected chi connectivity index (χ1v) is 8.55. The summed E-state index contributed by atoms with van der Waals surface area (Å²) >= 11 is 0. The van der Waals surface area contributed by atoms with Crippen LogP contribution in [0.2, 0.25) is 0 Å². The Morgan fingerprint density at radius 3 is 2.54 bits per heavy atom. The number of amides is 1. The van der Waals surface area contributed by atoms with Crippen LogP contribution in [0.25, 0.3) is 0 Å². The van der Waals surface area contributed by atoms with E-state index < -0.39 is 0 Å². The second-order valence-corrected chi connectivity index (χ2v) is 6.60. The molecule has 1 saturated heterocycles. The molecule has 3 N–H and O–H groups in total. The third-order valence-electron chi connectivity index (χ3n) is 4.62. The molecule has 1 amide bonds. The molecular weight excluding hydrogens is 298 g/mol. The molecule has 1 aliphatic heterocycles. The number of rotatable bonds is 4. The van der Waals surface area contributed by atoms with E-state index in [-0.39, 0.29) is 11.9 Å². The van der Waals surface area contributed by atoms with Crippen LogP contribution in [0.1, 0.15) is 34.3 Å². The van der Waals surface area contributed by atoms with Crippen molar-refractivity contribution in [3.8, 4) is 0 Å². The lowest BCUT2D eigenvalue weighted by molar-refractivity contribution is 0.0910. The zero-order chi connectivity index (χ0) is 16.9. The highest BCUT2D eigenvalue weighted by atomic mass is 16.1. The number of nitrogens with two attached hydrogens (primary N) is 1. The van der Waals surface area contributed by atoms with E-state index in [0.29, 0.717) is 11.3 Å². The number of carbonyl (C=O) groups is 1. The first kappa shape index (κ1) is 16.5. The quantitative estimate of drug-likeness (QED) is 0.851. The molecule has 3 rings (SSSR count). The molecule has 0 spiro atoms. The van der Waals surface area contributed by atoms with Gasteiger partial charge in [0.2, 0.25) is 0 Å². The summed E-state index contributed by atoms with van der Waals surface area (Å²) in [6.45, 7) is 4.96. The second-order valence-electron chi connectivity index (χ2n) is 6.60. The summed E-state index contributed by atoms with van der Waals surface area (Å²) in [6.07, 6.45) is 1.95. The fourth-order valence-electron chi connectivity index (χ4n) is 3.23. The minimum absolute atomic E-state index is 0.0611. The van der Waals surface area contributed by atoms with Gasteiger partial charge in [-0.15, -0.1) is 0 Å². The van der Waals surface area contributed by atoms with E-state index in [1.165, 1.54) is 5.56 Å². The van der Waals surface area contributed by atoms with E-state index in [1.807, 2.05) is 31.2 Å². The van der Waals surface area contributed by atoms with Crippen LogP contribution in [0.15, 0.2) is 48.5 Å². The van der Waals surface area contributed by atoms with Gasteiger partial charge < -0.3 is 11.1 Å². The molecule has 0 unspecified atom stereocenters. The Morgan fingerprint density at radius 2 is 1.88 bits per heavy atom. The molecule has 0 atom stereocenters. The van der Waals surface area contributed by atoms with Gasteiger partial charge in [-0.05, 0) is 43.0 Å². The van der Waals surface area contributed by atoms with Crippen molar-refractivity contribution in [2.45, 2.75) is 32.4 Å². The van der Waals surface area contributed by atoms with Gasteiger partial charge in [-0.2, -0.15) is 0 Å². The van der Waals surface area contributed by atoms with Gasteiger partial charge in [-0.1, -0.05) is 36.4 Å². The molecule has 0 radical (unpaired) electrons. The van der Waals surface area contributed by atoms with Gasteiger partial charge in [0.25, 0.3) is 5.91 Å². The summed E-state index contributed by atoms with van der Waals surface area (Å²) in [7, 11) is 0. The highest BCUT2D eigenvalue weighted by Gasteiger charge is 2.21. The number of likely N-dealkylation sites (tertiary alicyclic amines) is 1. The summed E-state index contributed by atoms with van der Waals surface area (Å²) in [5.41, 5.74) is 9.50. The van der Waals surface area contributed by atoms with Crippen molar-refractivity contribution in [1.82, 2.24) is 10.2 Å². The molecule has 0 aromatic heterocycles. The Kier molecular flexibility index (Phi) is 5.16. The molecule has 24 heavy (non-hydrogen) atoms. The van der Waals surface area contributed by atoms with Crippen molar-refractivity contribution in [2.75, 3.05) is 18.8 Å². The van der Waals surface area contributed by atoms with Gasteiger partial charge >= 0.3 is 0 Å². The minimum Gasteiger partial charge on any atom is -0.398 e. The maximum absolute atomic E-state index is 12.4. The monoisotopic (exact) mass is 323 g/mol. The molecule has 1 aliphatic rings. The second kappa shape index (κ2) is 7.49. The fraction of sp³-hybridized carbons (Fsp3) is 0.350. The highest BCUT2D eigenvalue weighted by Crippen LogP contribution is 2.17. The Balaban J connectivity index is 1.51. The van der Waals surface area contributed by atoms with Crippen molar-refractivity contribution < 1.29 is 4.79 Å². The smallest absolute Gasteiger partial charge is 0.253 e. The number of hydrogen-bond acceptors (Lipinski definition) is 3. The van der Waals surface area contributed by atoms with Crippen LogP contribution in [0.4, 0.5) is 5.69 Å². The lowest BCUT2D eigenvalue weighted by Crippen LogP contribution is -2.44. The summed E-state index contributed by atoms with van der Waals surface area (Å²) in [6, 6.07) is 16.3. The number of nitrogens with one attached hydrogen (secondary N) is 1. The SMILES string of the molecule is Cc1ccc(C(=O)NC2CCN(Cc3ccccc3)CC2)c(N)c1. The fourth-order valence-corrected chi connectivity index (χ4v) is 3.23. The average Bonchev–Trinajstić information content (AvgIpc) is 2.57. The predicted octanol–water partition coefficient (Wildman–Crippen LogP) is 2.97. The predicted molar refractivity (Wildman–Crippen MR) is 97.8 cm³/mol. The number of hydrogen-bond donors (Lipinski definition) is 2. The van der Waals surface area contributed by atoms with E-state index in [4.69, 9.17) is 5.73 Å². The Labute approximate surface area is 143 Å². The Morgan fingerprint density at radius 1 is 1.17 bits per heavy atom. The van der Waals surface area contributed by atoms with Gasteiger partial charge in [0.05, 0.1) is 5.56 Å². The van der Waals surface area contributed by atoms with E-state index in [9.17, 15) is 4.79 Å². The van der Waals surface area contributed by atoms with E-state index in [0.717, 1.165) is 38.0 Å². The number of aryl methyl sites for hydroxylation is 1. The molecular formula is C20H25N3O. The lowest BCUT2D eigenvalue weighted by atomic mass is 10.0. The summed E-state index contributed by atoms with van der Waals surface area (Å²) < 4.78 is 0. The van der Waals surface area contributed by atoms with Crippen molar-refractivity contribution in [3.05, 3.63) is 65.2 Å². The zero-order valence-electron chi connectivity index (χ0n) is 14.2. The van der Waals surface area contributed by atoms with Crippen LogP contribution in [0, 0.1) is 6.92 Å². The van der Waals surface area contributed by atoms with Crippen molar-refractivity contribution in [3.63, 3.8) is 0 Å². The third-order valence-corrected chi connectivity index (χ3v) is 4.62. The van der Waals surface area contributed by atoms with Crippen LogP contribution < -0.4 is 11.1 Å². The molecule has 4 heteroatoms. The zero-order valence-corrected chi connectivity index (χ0v) is 14.2. The molecule has 1 heterocycles. The highest BCUT2D eigenvalue weighted by molar-refractivity contribution is 5.99. The molecule has 1 fully saturated rings. The van der Waals surface area contributed by atoms with Gasteiger partial charge in [0, 0.05) is 31.4 Å². The van der Waals surface area contributed by atoms with Crippen molar-refractivity contribution in [2.24, 2.45) is 0 Å². The Bertz CT molecular complexity index is 691. The summed E-state index contributed by atoms with van der Waals surface area (Å²) in [5, 5.41) is 3.13. The molecule has 2 aromatic rings. The molecule has 0 saturated carbocycles. The van der Waals surface area contributed by atoms with Crippen molar-refractivity contribution >= 4 is 11.6 Å². The number of anilines is 1. The standard InChI is InChI=1S/C20H25N3O/c1-15-7-8-18(19(21)13-15)20(24)22-17-9-11-23(12-10-17)14-16-5-3-2-4-6-16/h2-8,13,17H,9-12,14,21H2,1H3,(H,22,24). The van der Waals surface area contributed by atoms with E-state index in [2.05, 4.69) is 34.5 Å². The first-order chi connectivity index (χ1) is 11.6. The van der Waals surface area contributed by atoms with Crippen molar-refractivity contribution in [1.29, 1.82) is 0 Å². The Hall–Kier alpha value is -2.33. The van der Waals surface area contributed by atoms with Crippen LogP contribution in [0.5, 0.6) is 0 Å². The number of nitrogens with zero attached hydrogens (tertiary/aromatic N) is 1. The third kappa shape index (κ3) is 4.15. The van der Waals surface area contributed by atoms with Gasteiger partial charge in [0.1, 0.15) is 0 Å². The largest absolute Gasteiger partial charge is 0.398 e. The van der Waals surface area contributed by atoms with E-state index >= 15 is 0 Å². The maximum atomic E-state index is 12.4. The van der Waals surface area contributed by atoms with Crippen LogP contribution >= 0.6 is 0 Å². The van der Waals surface area contributed by atoms with Crippen LogP contribution in [-0.4, -0.2) is 29.9 Å². The average molecular weight is 323 g/mol. The molecule has 0 aliphatic carbocycles. The molecule has 0 bridgehead atoms. The lowest BCUT2D eigenvalue weighted by Gasteiger charge is -2.32. The van der Waals surface area contributed by atoms with Gasteiger partial charge in [-0.25, -0.2) is 0 Å². The van der Waals surface area contributed by atoms with Crippen LogP contribution in [0.3, 0.4) is 0 Å². The summed E-state index contributed by atoms with van der Waals surface area (Å²) in [4.78, 5) is 14.9. The minimum atomic E-state index is -0.0611. The van der Waals surface area contributed by atoms with Gasteiger partial charge in [0.15, 0.2) is 0 Å². The summed E-state index contributed by atoms with van der Waals surface area (Å²) in [5.74, 6) is -0.0611. The number of nitrogen functional groups attached to an aromatic ring is 1. The number of piperidine rings is 1. The normalized spacial score (nSPS) is 16.0. The molecule has 126 valence electrons. The number of carbonyl (C=O) groups excluding carboxylic acids is 1. The van der Waals surface area contributed by atoms with E-state index in [1.54, 1.807) is 0 Å². The van der Waals surface area contributed by atoms with Gasteiger partial charge in [-0.3, -0.25) is 9.69 Å². The number of benzene rings is 2. The first-order valence-electron chi connectivity index (χ1n) is 8.55.